The summed E-state index contributed by atoms with van der Waals surface area (Å²) < 4.78 is 16.7. The molecule has 0 saturated heterocycles. The number of anilines is 2. The number of nitrogens with one attached hydrogen (secondary N) is 4. The average Bonchev–Trinajstić information content (AvgIpc) is 2.93. The molecule has 0 unspecified atom stereocenters. The van der Waals surface area contributed by atoms with Crippen molar-refractivity contribution in [2.24, 2.45) is 0 Å². The van der Waals surface area contributed by atoms with E-state index in [-0.39, 0.29) is 6.79 Å². The highest BCUT2D eigenvalue weighted by molar-refractivity contribution is 7.80. The summed E-state index contributed by atoms with van der Waals surface area (Å²) in [7, 11) is 0. The smallest absolute Gasteiger partial charge is 0.170 e. The lowest BCUT2D eigenvalue weighted by molar-refractivity contribution is -0.0930. The van der Waals surface area contributed by atoms with E-state index in [2.05, 4.69) is 35.1 Å². The van der Waals surface area contributed by atoms with Gasteiger partial charge < -0.3 is 40.6 Å². The van der Waals surface area contributed by atoms with Gasteiger partial charge in [-0.05, 0) is 61.5 Å². The van der Waals surface area contributed by atoms with Crippen molar-refractivity contribution in [1.82, 2.24) is 10.6 Å². The summed E-state index contributed by atoms with van der Waals surface area (Å²) in [6.07, 6.45) is 15.5. The fraction of sp³-hybridized carbons (Fsp3) is 0.724. The fourth-order valence-electron chi connectivity index (χ4n) is 3.99. The Labute approximate surface area is 247 Å². The molecule has 0 heterocycles. The number of aliphatic hydroxyl groups is 1. The minimum atomic E-state index is -0.298. The van der Waals surface area contributed by atoms with Gasteiger partial charge in [-0.25, -0.2) is 0 Å². The molecule has 0 atom stereocenters. The molecule has 0 amide bonds. The molecule has 0 aromatic heterocycles. The first kappa shape index (κ1) is 35.5. The topological polar surface area (TPSA) is 96.0 Å². The number of thiocarbonyl (C=S) groups is 2. The van der Waals surface area contributed by atoms with Crippen molar-refractivity contribution < 1.29 is 19.3 Å². The molecule has 0 aliphatic heterocycles. The van der Waals surface area contributed by atoms with Gasteiger partial charge in [-0.1, -0.05) is 78.1 Å². The first-order valence-electron chi connectivity index (χ1n) is 14.7. The quantitative estimate of drug-likeness (QED) is 0.0541. The minimum absolute atomic E-state index is 0.298. The highest BCUT2D eigenvalue weighted by atomic mass is 32.1. The number of benzene rings is 1. The number of ether oxygens (including phenoxy) is 3. The molecule has 1 rings (SSSR count). The number of hydrogen-bond donors (Lipinski definition) is 5. The molecule has 1 aromatic rings. The number of hydrogen-bond acceptors (Lipinski definition) is 6. The van der Waals surface area contributed by atoms with Crippen molar-refractivity contribution in [3.8, 4) is 0 Å². The van der Waals surface area contributed by atoms with E-state index in [4.69, 9.17) is 43.8 Å². The van der Waals surface area contributed by atoms with Crippen LogP contribution in [-0.4, -0.2) is 61.3 Å². The van der Waals surface area contributed by atoms with E-state index >= 15 is 0 Å². The van der Waals surface area contributed by atoms with Gasteiger partial charge in [-0.15, -0.1) is 0 Å². The molecular weight excluding hydrogens is 532 g/mol. The molecule has 0 bridgehead atoms. The normalized spacial score (nSPS) is 11.0. The predicted molar refractivity (Wildman–Crippen MR) is 170 cm³/mol. The Bertz CT molecular complexity index is 727. The summed E-state index contributed by atoms with van der Waals surface area (Å²) in [5.74, 6) is 0. The Hall–Kier alpha value is -1.56. The van der Waals surface area contributed by atoms with Gasteiger partial charge in [0.15, 0.2) is 10.2 Å². The number of unbranched alkanes of at least 4 members (excludes halogenated alkanes) is 8. The second kappa shape index (κ2) is 25.4. The van der Waals surface area contributed by atoms with Crippen LogP contribution < -0.4 is 21.3 Å². The Morgan fingerprint density at radius 1 is 0.718 bits per heavy atom. The third kappa shape index (κ3) is 20.9. The first-order chi connectivity index (χ1) is 19.1. The Balaban J connectivity index is 2.21. The third-order valence-electron chi connectivity index (χ3n) is 6.20. The summed E-state index contributed by atoms with van der Waals surface area (Å²) in [4.78, 5) is 0. The van der Waals surface area contributed by atoms with Crippen LogP contribution in [0.1, 0.15) is 90.9 Å². The SMILES string of the molecule is CCCCCCCC(CCCCCCC)OCOCCNC(=S)Nc1ccc(NC(=S)NCCOCO)cc1. The lowest BCUT2D eigenvalue weighted by Gasteiger charge is -2.18. The van der Waals surface area contributed by atoms with E-state index in [9.17, 15) is 0 Å². The maximum atomic E-state index is 8.61. The van der Waals surface area contributed by atoms with Crippen LogP contribution in [0.15, 0.2) is 24.3 Å². The highest BCUT2D eigenvalue weighted by Crippen LogP contribution is 2.16. The van der Waals surface area contributed by atoms with E-state index in [1.54, 1.807) is 0 Å². The maximum absolute atomic E-state index is 8.61. The van der Waals surface area contributed by atoms with Crippen molar-refractivity contribution in [2.75, 3.05) is 50.5 Å². The van der Waals surface area contributed by atoms with E-state index in [0.29, 0.717) is 49.4 Å². The van der Waals surface area contributed by atoms with Gasteiger partial charge in [0.1, 0.15) is 13.6 Å². The molecule has 0 spiro atoms. The predicted octanol–water partition coefficient (Wildman–Crippen LogP) is 6.31. The zero-order valence-electron chi connectivity index (χ0n) is 24.1. The Morgan fingerprint density at radius 2 is 1.18 bits per heavy atom. The summed E-state index contributed by atoms with van der Waals surface area (Å²) >= 11 is 10.6. The van der Waals surface area contributed by atoms with E-state index in [0.717, 1.165) is 24.2 Å². The van der Waals surface area contributed by atoms with Crippen molar-refractivity contribution in [3.63, 3.8) is 0 Å². The molecule has 0 aliphatic carbocycles. The van der Waals surface area contributed by atoms with E-state index < -0.39 is 0 Å². The minimum Gasteiger partial charge on any atom is -0.371 e. The standard InChI is InChI=1S/C29H52N4O4S2/c1-3-5-7-9-11-13-27(14-12-10-8-6-4-2)37-24-36-22-20-31-29(39)33-26-17-15-25(16-18-26)32-28(38)30-19-21-35-23-34/h15-18,27,34H,3-14,19-24H2,1-2H3,(H2,30,32,38)(H2,31,33,39). The zero-order valence-corrected chi connectivity index (χ0v) is 25.7. The molecule has 0 radical (unpaired) electrons. The van der Waals surface area contributed by atoms with Crippen molar-refractivity contribution in [3.05, 3.63) is 24.3 Å². The molecular formula is C29H52N4O4S2. The van der Waals surface area contributed by atoms with Crippen LogP contribution in [0.5, 0.6) is 0 Å². The van der Waals surface area contributed by atoms with Gasteiger partial charge >= 0.3 is 0 Å². The molecule has 5 N–H and O–H groups in total. The van der Waals surface area contributed by atoms with Gasteiger partial charge in [0, 0.05) is 24.5 Å². The molecule has 8 nitrogen and oxygen atoms in total. The van der Waals surface area contributed by atoms with Crippen molar-refractivity contribution in [1.29, 1.82) is 0 Å². The van der Waals surface area contributed by atoms with Crippen LogP contribution in [0.3, 0.4) is 0 Å². The molecule has 1 aromatic carbocycles. The largest absolute Gasteiger partial charge is 0.371 e. The lowest BCUT2D eigenvalue weighted by atomic mass is 10.0. The first-order valence-corrected chi connectivity index (χ1v) is 15.5. The number of rotatable bonds is 24. The van der Waals surface area contributed by atoms with Gasteiger partial charge in [-0.3, -0.25) is 0 Å². The zero-order chi connectivity index (χ0) is 28.4. The van der Waals surface area contributed by atoms with Crippen molar-refractivity contribution >= 4 is 46.0 Å². The monoisotopic (exact) mass is 584 g/mol. The second-order valence-electron chi connectivity index (χ2n) is 9.60. The fourth-order valence-corrected chi connectivity index (χ4v) is 4.43. The highest BCUT2D eigenvalue weighted by Gasteiger charge is 2.09. The maximum Gasteiger partial charge on any atom is 0.170 e. The van der Waals surface area contributed by atoms with Crippen LogP contribution in [0.2, 0.25) is 0 Å². The summed E-state index contributed by atoms with van der Waals surface area (Å²) in [5.41, 5.74) is 1.73. The van der Waals surface area contributed by atoms with Crippen LogP contribution >= 0.6 is 24.4 Å². The Kier molecular flexibility index (Phi) is 23.1. The van der Waals surface area contributed by atoms with Crippen LogP contribution in [0.25, 0.3) is 0 Å². The summed E-state index contributed by atoms with van der Waals surface area (Å²) in [5, 5.41) is 22.1. The molecule has 0 fully saturated rings. The van der Waals surface area contributed by atoms with Crippen LogP contribution in [0.4, 0.5) is 11.4 Å². The molecule has 0 saturated carbocycles. The van der Waals surface area contributed by atoms with E-state index in [1.165, 1.54) is 64.2 Å². The second-order valence-corrected chi connectivity index (χ2v) is 10.4. The summed E-state index contributed by atoms with van der Waals surface area (Å²) in [6, 6.07) is 7.66. The van der Waals surface area contributed by atoms with Gasteiger partial charge in [0.2, 0.25) is 0 Å². The molecule has 10 heteroatoms. The molecule has 0 aliphatic rings. The van der Waals surface area contributed by atoms with E-state index in [1.807, 2.05) is 24.3 Å². The van der Waals surface area contributed by atoms with Crippen LogP contribution in [-0.2, 0) is 14.2 Å². The molecule has 39 heavy (non-hydrogen) atoms. The third-order valence-corrected chi connectivity index (χ3v) is 6.70. The van der Waals surface area contributed by atoms with Gasteiger partial charge in [0.05, 0.1) is 19.3 Å². The lowest BCUT2D eigenvalue weighted by Crippen LogP contribution is -2.32. The van der Waals surface area contributed by atoms with Gasteiger partial charge in [0.25, 0.3) is 0 Å². The van der Waals surface area contributed by atoms with Crippen molar-refractivity contribution in [2.45, 2.75) is 97.0 Å². The summed E-state index contributed by atoms with van der Waals surface area (Å²) in [6.45, 7) is 6.56. The van der Waals surface area contributed by atoms with Crippen LogP contribution in [0, 0.1) is 0 Å². The average molecular weight is 585 g/mol. The molecule has 224 valence electrons. The Morgan fingerprint density at radius 3 is 1.64 bits per heavy atom. The number of aliphatic hydroxyl groups excluding tert-OH is 1. The van der Waals surface area contributed by atoms with Gasteiger partial charge in [-0.2, -0.15) is 0 Å².